The van der Waals surface area contributed by atoms with Crippen molar-refractivity contribution in [1.29, 1.82) is 0 Å². The van der Waals surface area contributed by atoms with E-state index in [0.717, 1.165) is 36.4 Å². The smallest absolute Gasteiger partial charge is 0.0511 e. The Morgan fingerprint density at radius 2 is 2.12 bits per heavy atom. The Hall–Kier alpha value is -1.90. The highest BCUT2D eigenvalue weighted by molar-refractivity contribution is 5.35. The van der Waals surface area contributed by atoms with Crippen LogP contribution in [0.3, 0.4) is 0 Å². The number of rotatable bonds is 2. The zero-order valence-electron chi connectivity index (χ0n) is 9.26. The summed E-state index contributed by atoms with van der Waals surface area (Å²) in [5.74, 6) is 0. The van der Waals surface area contributed by atoms with Crippen molar-refractivity contribution in [2.45, 2.75) is 12.8 Å². The topological polar surface area (TPSA) is 55.3 Å². The lowest BCUT2D eigenvalue weighted by Gasteiger charge is -2.18. The molecule has 3 heteroatoms. The average molecular weight is 215 g/mol. The highest BCUT2D eigenvalue weighted by Crippen LogP contribution is 2.19. The van der Waals surface area contributed by atoms with Crippen molar-refractivity contribution in [1.82, 2.24) is 4.90 Å². The molecule has 0 spiro atoms. The van der Waals surface area contributed by atoms with Gasteiger partial charge in [-0.05, 0) is 30.6 Å². The van der Waals surface area contributed by atoms with Crippen molar-refractivity contribution in [3.63, 3.8) is 0 Å². The number of allylic oxidation sites excluding steroid dienone is 6. The molecule has 0 fully saturated rings. The molecule has 0 aromatic rings. The van der Waals surface area contributed by atoms with Crippen LogP contribution >= 0.6 is 0 Å². The van der Waals surface area contributed by atoms with E-state index in [1.165, 1.54) is 0 Å². The largest absolute Gasteiger partial charge is 0.402 e. The van der Waals surface area contributed by atoms with E-state index in [1.807, 2.05) is 36.7 Å². The van der Waals surface area contributed by atoms with Crippen LogP contribution in [0.25, 0.3) is 0 Å². The van der Waals surface area contributed by atoms with Gasteiger partial charge in [0, 0.05) is 24.6 Å². The highest BCUT2D eigenvalue weighted by atomic mass is 15.1. The summed E-state index contributed by atoms with van der Waals surface area (Å²) in [6.45, 7) is 0.877. The Morgan fingerprint density at radius 3 is 2.75 bits per heavy atom. The molecule has 2 rings (SSSR count). The van der Waals surface area contributed by atoms with Gasteiger partial charge in [0.05, 0.1) is 5.70 Å². The minimum absolute atomic E-state index is 0.823. The molecule has 0 amide bonds. The molecule has 0 unspecified atom stereocenters. The third kappa shape index (κ3) is 2.57. The van der Waals surface area contributed by atoms with E-state index in [0.29, 0.717) is 0 Å². The summed E-state index contributed by atoms with van der Waals surface area (Å²) >= 11 is 0. The van der Waals surface area contributed by atoms with Crippen molar-refractivity contribution < 1.29 is 0 Å². The van der Waals surface area contributed by atoms with Gasteiger partial charge in [-0.2, -0.15) is 0 Å². The standard InChI is InChI=1S/C13H17N3/c14-12-6-4-11(5-7-12)13(15)10-16-8-2-1-3-9-16/h1-4,6,8,10H,5,7,9,14-15H2/b13-10-. The fraction of sp³-hybridized carbons (Fsp3) is 0.231. The fourth-order valence-electron chi connectivity index (χ4n) is 1.73. The third-order valence-corrected chi connectivity index (χ3v) is 2.70. The second kappa shape index (κ2) is 4.75. The SMILES string of the molecule is NC1=CC=C(/C(N)=C/N2C=CC=CC2)CC1. The first-order valence-electron chi connectivity index (χ1n) is 5.47. The molecule has 1 aliphatic heterocycles. The van der Waals surface area contributed by atoms with Gasteiger partial charge < -0.3 is 16.4 Å². The van der Waals surface area contributed by atoms with Crippen LogP contribution in [0.1, 0.15) is 12.8 Å². The molecule has 0 aromatic heterocycles. The maximum atomic E-state index is 6.05. The molecule has 2 aliphatic rings. The van der Waals surface area contributed by atoms with Gasteiger partial charge in [-0.1, -0.05) is 18.2 Å². The van der Waals surface area contributed by atoms with E-state index in [2.05, 4.69) is 11.0 Å². The molecule has 4 N–H and O–H groups in total. The van der Waals surface area contributed by atoms with Crippen molar-refractivity contribution in [2.24, 2.45) is 11.5 Å². The minimum atomic E-state index is 0.823. The Balaban J connectivity index is 2.07. The van der Waals surface area contributed by atoms with Gasteiger partial charge >= 0.3 is 0 Å². The van der Waals surface area contributed by atoms with Crippen LogP contribution in [0, 0.1) is 0 Å². The molecule has 0 saturated carbocycles. The van der Waals surface area contributed by atoms with E-state index in [9.17, 15) is 0 Å². The van der Waals surface area contributed by atoms with Gasteiger partial charge in [0.15, 0.2) is 0 Å². The Kier molecular flexibility index (Phi) is 3.15. The summed E-state index contributed by atoms with van der Waals surface area (Å²) in [6.07, 6.45) is 15.9. The normalized spacial score (nSPS) is 20.8. The van der Waals surface area contributed by atoms with Crippen molar-refractivity contribution >= 4 is 0 Å². The van der Waals surface area contributed by atoms with E-state index >= 15 is 0 Å². The first kappa shape index (κ1) is 10.6. The second-order valence-electron chi connectivity index (χ2n) is 3.98. The Labute approximate surface area is 96.1 Å². The van der Waals surface area contributed by atoms with Crippen LogP contribution in [-0.4, -0.2) is 11.4 Å². The molecule has 0 bridgehead atoms. The Bertz CT molecular complexity index is 411. The second-order valence-corrected chi connectivity index (χ2v) is 3.98. The summed E-state index contributed by atoms with van der Waals surface area (Å²) in [5.41, 5.74) is 14.7. The van der Waals surface area contributed by atoms with Gasteiger partial charge in [0.25, 0.3) is 0 Å². The maximum Gasteiger partial charge on any atom is 0.0511 e. The summed E-state index contributed by atoms with van der Waals surface area (Å²) in [5, 5.41) is 0. The van der Waals surface area contributed by atoms with Crippen molar-refractivity contribution in [3.05, 3.63) is 59.7 Å². The van der Waals surface area contributed by atoms with Gasteiger partial charge in [-0.15, -0.1) is 0 Å². The van der Waals surface area contributed by atoms with Crippen LogP contribution < -0.4 is 11.5 Å². The molecule has 0 atom stereocenters. The summed E-state index contributed by atoms with van der Waals surface area (Å²) in [6, 6.07) is 0. The third-order valence-electron chi connectivity index (χ3n) is 2.70. The zero-order valence-corrected chi connectivity index (χ0v) is 9.26. The molecule has 0 radical (unpaired) electrons. The van der Waals surface area contributed by atoms with Crippen LogP contribution in [0.4, 0.5) is 0 Å². The molecule has 3 nitrogen and oxygen atoms in total. The van der Waals surface area contributed by atoms with Crippen LogP contribution in [0.15, 0.2) is 59.7 Å². The number of nitrogens with two attached hydrogens (primary N) is 2. The van der Waals surface area contributed by atoms with Gasteiger partial charge in [-0.25, -0.2) is 0 Å². The molecule has 16 heavy (non-hydrogen) atoms. The van der Waals surface area contributed by atoms with Crippen LogP contribution in [-0.2, 0) is 0 Å². The van der Waals surface area contributed by atoms with Crippen molar-refractivity contribution in [2.75, 3.05) is 6.54 Å². The Morgan fingerprint density at radius 1 is 1.25 bits per heavy atom. The lowest BCUT2D eigenvalue weighted by molar-refractivity contribution is 0.554. The predicted octanol–water partition coefficient (Wildman–Crippen LogP) is 1.73. The minimum Gasteiger partial charge on any atom is -0.402 e. The number of hydrogen-bond acceptors (Lipinski definition) is 3. The van der Waals surface area contributed by atoms with Crippen LogP contribution in [0.2, 0.25) is 0 Å². The molecular formula is C13H17N3. The first-order chi connectivity index (χ1) is 7.75. The van der Waals surface area contributed by atoms with Crippen molar-refractivity contribution in [3.8, 4) is 0 Å². The lowest BCUT2D eigenvalue weighted by atomic mass is 10.0. The van der Waals surface area contributed by atoms with Gasteiger partial charge in [0.1, 0.15) is 0 Å². The molecule has 1 aliphatic carbocycles. The first-order valence-corrected chi connectivity index (χ1v) is 5.47. The molecular weight excluding hydrogens is 198 g/mol. The molecule has 1 heterocycles. The van der Waals surface area contributed by atoms with E-state index in [4.69, 9.17) is 11.5 Å². The summed E-state index contributed by atoms with van der Waals surface area (Å²) in [7, 11) is 0. The number of nitrogens with zero attached hydrogens (tertiary/aromatic N) is 1. The van der Waals surface area contributed by atoms with Crippen LogP contribution in [0.5, 0.6) is 0 Å². The zero-order chi connectivity index (χ0) is 11.4. The quantitative estimate of drug-likeness (QED) is 0.737. The summed E-state index contributed by atoms with van der Waals surface area (Å²) in [4.78, 5) is 2.07. The van der Waals surface area contributed by atoms with Gasteiger partial charge in [0.2, 0.25) is 0 Å². The molecule has 0 saturated heterocycles. The molecule has 0 aromatic carbocycles. The number of hydrogen-bond donors (Lipinski definition) is 2. The van der Waals surface area contributed by atoms with E-state index < -0.39 is 0 Å². The summed E-state index contributed by atoms with van der Waals surface area (Å²) < 4.78 is 0. The lowest BCUT2D eigenvalue weighted by Crippen LogP contribution is -2.16. The maximum absolute atomic E-state index is 6.05. The predicted molar refractivity (Wildman–Crippen MR) is 66.8 cm³/mol. The van der Waals surface area contributed by atoms with Gasteiger partial charge in [-0.3, -0.25) is 0 Å². The van der Waals surface area contributed by atoms with E-state index in [-0.39, 0.29) is 0 Å². The average Bonchev–Trinajstić information content (AvgIpc) is 2.31. The monoisotopic (exact) mass is 215 g/mol. The fourth-order valence-corrected chi connectivity index (χ4v) is 1.73. The van der Waals surface area contributed by atoms with E-state index in [1.54, 1.807) is 0 Å². The highest BCUT2D eigenvalue weighted by Gasteiger charge is 2.07. The molecule has 84 valence electrons.